The van der Waals surface area contributed by atoms with E-state index in [0.29, 0.717) is 11.3 Å². The SMILES string of the molecule is CN(C)S(=O)(=O)Oc1c(I)cc(C(C)(C)C)cc1CN.Cl. The highest BCUT2D eigenvalue weighted by atomic mass is 127. The summed E-state index contributed by atoms with van der Waals surface area (Å²) < 4.78 is 30.7. The maximum absolute atomic E-state index is 11.9. The smallest absolute Gasteiger partial charge is 0.369 e. The number of benzene rings is 1. The number of nitrogens with zero attached hydrogens (tertiary/aromatic N) is 1. The van der Waals surface area contributed by atoms with Crippen LogP contribution in [0, 0.1) is 3.57 Å². The Bertz CT molecular complexity index is 598. The molecule has 0 aliphatic rings. The van der Waals surface area contributed by atoms with Crippen molar-refractivity contribution in [3.63, 3.8) is 0 Å². The summed E-state index contributed by atoms with van der Waals surface area (Å²) in [5.74, 6) is 0.315. The van der Waals surface area contributed by atoms with Crippen molar-refractivity contribution in [1.82, 2.24) is 4.31 Å². The zero-order valence-electron chi connectivity index (χ0n) is 12.8. The lowest BCUT2D eigenvalue weighted by Gasteiger charge is -2.22. The first-order chi connectivity index (χ1) is 8.99. The molecule has 0 aliphatic carbocycles. The fourth-order valence-electron chi connectivity index (χ4n) is 1.51. The lowest BCUT2D eigenvalue weighted by molar-refractivity contribution is 0.418. The Morgan fingerprint density at radius 2 is 1.81 bits per heavy atom. The molecule has 0 amide bonds. The third-order valence-electron chi connectivity index (χ3n) is 2.84. The maximum atomic E-state index is 11.9. The molecule has 1 rings (SSSR count). The van der Waals surface area contributed by atoms with Gasteiger partial charge in [0.1, 0.15) is 0 Å². The van der Waals surface area contributed by atoms with Crippen LogP contribution in [0.2, 0.25) is 0 Å². The Balaban J connectivity index is 0.00000400. The third kappa shape index (κ3) is 5.24. The number of rotatable bonds is 4. The van der Waals surface area contributed by atoms with Gasteiger partial charge in [0.05, 0.1) is 3.57 Å². The van der Waals surface area contributed by atoms with Crippen LogP contribution >= 0.6 is 35.0 Å². The van der Waals surface area contributed by atoms with Gasteiger partial charge < -0.3 is 9.92 Å². The van der Waals surface area contributed by atoms with Crippen LogP contribution in [0.25, 0.3) is 0 Å². The van der Waals surface area contributed by atoms with Gasteiger partial charge in [-0.15, -0.1) is 12.4 Å². The molecule has 0 aliphatic heterocycles. The van der Waals surface area contributed by atoms with E-state index in [0.717, 1.165) is 13.4 Å². The van der Waals surface area contributed by atoms with Crippen LogP contribution in [0.1, 0.15) is 31.9 Å². The molecule has 5 nitrogen and oxygen atoms in total. The summed E-state index contributed by atoms with van der Waals surface area (Å²) in [6.45, 7) is 6.50. The predicted octanol–water partition coefficient (Wildman–Crippen LogP) is 2.65. The van der Waals surface area contributed by atoms with Crippen LogP contribution in [-0.2, 0) is 22.3 Å². The molecule has 0 fully saturated rings. The molecule has 1 aromatic carbocycles. The first-order valence-corrected chi connectivity index (χ1v) is 8.58. The molecular formula is C13H22ClIN2O3S. The normalized spacial score (nSPS) is 12.2. The zero-order chi connectivity index (χ0) is 15.7. The van der Waals surface area contributed by atoms with Gasteiger partial charge in [-0.2, -0.15) is 12.7 Å². The molecule has 122 valence electrons. The molecule has 0 saturated heterocycles. The highest BCUT2D eigenvalue weighted by molar-refractivity contribution is 14.1. The third-order valence-corrected chi connectivity index (χ3v) is 4.92. The molecule has 0 heterocycles. The summed E-state index contributed by atoms with van der Waals surface area (Å²) in [4.78, 5) is 0. The van der Waals surface area contributed by atoms with Crippen molar-refractivity contribution >= 4 is 45.3 Å². The van der Waals surface area contributed by atoms with E-state index in [1.165, 1.54) is 14.1 Å². The second-order valence-electron chi connectivity index (χ2n) is 5.72. The van der Waals surface area contributed by atoms with E-state index in [-0.39, 0.29) is 24.4 Å². The molecule has 21 heavy (non-hydrogen) atoms. The highest BCUT2D eigenvalue weighted by Gasteiger charge is 2.23. The van der Waals surface area contributed by atoms with Crippen LogP contribution in [0.3, 0.4) is 0 Å². The summed E-state index contributed by atoms with van der Waals surface area (Å²) in [6, 6.07) is 3.84. The minimum absolute atomic E-state index is 0. The molecule has 2 N–H and O–H groups in total. The molecule has 8 heteroatoms. The summed E-state index contributed by atoms with van der Waals surface area (Å²) in [7, 11) is -0.933. The van der Waals surface area contributed by atoms with Crippen molar-refractivity contribution in [3.8, 4) is 5.75 Å². The zero-order valence-corrected chi connectivity index (χ0v) is 16.6. The van der Waals surface area contributed by atoms with Gasteiger partial charge in [-0.1, -0.05) is 26.8 Å². The number of nitrogens with two attached hydrogens (primary N) is 1. The lowest BCUT2D eigenvalue weighted by atomic mass is 9.86. The Labute approximate surface area is 147 Å². The van der Waals surface area contributed by atoms with E-state index in [1.807, 2.05) is 12.1 Å². The van der Waals surface area contributed by atoms with Crippen molar-refractivity contribution in [2.24, 2.45) is 5.73 Å². The average molecular weight is 449 g/mol. The Morgan fingerprint density at radius 1 is 1.29 bits per heavy atom. The van der Waals surface area contributed by atoms with Crippen molar-refractivity contribution in [1.29, 1.82) is 0 Å². The molecule has 0 aromatic heterocycles. The molecule has 0 atom stereocenters. The topological polar surface area (TPSA) is 72.6 Å². The van der Waals surface area contributed by atoms with E-state index >= 15 is 0 Å². The van der Waals surface area contributed by atoms with Gasteiger partial charge in [0.2, 0.25) is 0 Å². The fourth-order valence-corrected chi connectivity index (χ4v) is 3.01. The van der Waals surface area contributed by atoms with Gasteiger partial charge in [-0.3, -0.25) is 0 Å². The monoisotopic (exact) mass is 448 g/mol. The first kappa shape index (κ1) is 20.9. The molecule has 0 bridgehead atoms. The van der Waals surface area contributed by atoms with Crippen LogP contribution < -0.4 is 9.92 Å². The van der Waals surface area contributed by atoms with Crippen molar-refractivity contribution in [2.75, 3.05) is 14.1 Å². The molecule has 0 radical (unpaired) electrons. The summed E-state index contributed by atoms with van der Waals surface area (Å²) in [5, 5.41) is 0. The van der Waals surface area contributed by atoms with Gasteiger partial charge in [0.25, 0.3) is 0 Å². The maximum Gasteiger partial charge on any atom is 0.384 e. The van der Waals surface area contributed by atoms with Crippen molar-refractivity contribution in [3.05, 3.63) is 26.8 Å². The van der Waals surface area contributed by atoms with Crippen LogP contribution in [-0.4, -0.2) is 26.8 Å². The molecule has 0 spiro atoms. The van der Waals surface area contributed by atoms with E-state index in [9.17, 15) is 8.42 Å². The van der Waals surface area contributed by atoms with E-state index in [2.05, 4.69) is 43.4 Å². The lowest BCUT2D eigenvalue weighted by Crippen LogP contribution is -2.28. The summed E-state index contributed by atoms with van der Waals surface area (Å²) >= 11 is 2.07. The fraction of sp³-hybridized carbons (Fsp3) is 0.538. The molecule has 1 aromatic rings. The summed E-state index contributed by atoms with van der Waals surface area (Å²) in [6.07, 6.45) is 0. The molecular weight excluding hydrogens is 427 g/mol. The van der Waals surface area contributed by atoms with Crippen LogP contribution in [0.5, 0.6) is 5.75 Å². The quantitative estimate of drug-likeness (QED) is 0.719. The van der Waals surface area contributed by atoms with E-state index in [1.54, 1.807) is 0 Å². The predicted molar refractivity (Wildman–Crippen MR) is 96.2 cm³/mol. The average Bonchev–Trinajstić information content (AvgIpc) is 2.29. The van der Waals surface area contributed by atoms with Gasteiger partial charge in [-0.05, 0) is 39.6 Å². The van der Waals surface area contributed by atoms with Gasteiger partial charge in [-0.25, -0.2) is 0 Å². The molecule has 0 saturated carbocycles. The van der Waals surface area contributed by atoms with Crippen molar-refractivity contribution in [2.45, 2.75) is 32.7 Å². The van der Waals surface area contributed by atoms with Crippen LogP contribution in [0.4, 0.5) is 0 Å². The first-order valence-electron chi connectivity index (χ1n) is 6.14. The van der Waals surface area contributed by atoms with Gasteiger partial charge >= 0.3 is 10.3 Å². The molecule has 0 unspecified atom stereocenters. The van der Waals surface area contributed by atoms with Crippen LogP contribution in [0.15, 0.2) is 12.1 Å². The Morgan fingerprint density at radius 3 is 2.19 bits per heavy atom. The standard InChI is InChI=1S/C13H21IN2O3S.ClH/c1-13(2,3)10-6-9(8-15)12(11(14)7-10)19-20(17,18)16(4)5;/h6-7H,8,15H2,1-5H3;1H. The van der Waals surface area contributed by atoms with E-state index < -0.39 is 10.3 Å². The minimum atomic E-state index is -3.78. The van der Waals surface area contributed by atoms with Gasteiger partial charge in [0.15, 0.2) is 5.75 Å². The largest absolute Gasteiger partial charge is 0.384 e. The van der Waals surface area contributed by atoms with Crippen molar-refractivity contribution < 1.29 is 12.6 Å². The van der Waals surface area contributed by atoms with E-state index in [4.69, 9.17) is 9.92 Å². The Hall–Kier alpha value is -0.0900. The highest BCUT2D eigenvalue weighted by Crippen LogP contribution is 2.33. The minimum Gasteiger partial charge on any atom is -0.369 e. The Kier molecular flexibility index (Phi) is 7.42. The second kappa shape index (κ2) is 7.45. The second-order valence-corrected chi connectivity index (χ2v) is 8.64. The van der Waals surface area contributed by atoms with Gasteiger partial charge in [0, 0.05) is 26.2 Å². The number of hydrogen-bond donors (Lipinski definition) is 1. The number of halogens is 2. The number of hydrogen-bond acceptors (Lipinski definition) is 4. The summed E-state index contributed by atoms with van der Waals surface area (Å²) in [5.41, 5.74) is 7.48.